The van der Waals surface area contributed by atoms with Gasteiger partial charge >= 0.3 is 12.1 Å². The molecule has 100 valence electrons. The molecule has 0 aromatic rings. The molecule has 0 bridgehead atoms. The van der Waals surface area contributed by atoms with Crippen molar-refractivity contribution >= 4 is 12.1 Å². The van der Waals surface area contributed by atoms with Gasteiger partial charge in [0.05, 0.1) is 0 Å². The highest BCUT2D eigenvalue weighted by Gasteiger charge is 2.37. The molecule has 1 aliphatic rings. The van der Waals surface area contributed by atoms with Crippen molar-refractivity contribution in [3.05, 3.63) is 0 Å². The van der Waals surface area contributed by atoms with Crippen LogP contribution in [0.25, 0.3) is 0 Å². The van der Waals surface area contributed by atoms with Crippen LogP contribution >= 0.6 is 0 Å². The third kappa shape index (κ3) is 3.91. The SMILES string of the molecule is CC(C)(C)OC(=O)N1CCCC1C(=O)OCC#N. The van der Waals surface area contributed by atoms with Gasteiger partial charge in [-0.15, -0.1) is 0 Å². The molecule has 6 heteroatoms. The number of nitriles is 1. The van der Waals surface area contributed by atoms with Crippen molar-refractivity contribution in [1.82, 2.24) is 4.90 Å². The van der Waals surface area contributed by atoms with E-state index in [1.807, 2.05) is 0 Å². The summed E-state index contributed by atoms with van der Waals surface area (Å²) in [6, 6.07) is 1.10. The number of hydrogen-bond donors (Lipinski definition) is 0. The Bertz CT molecular complexity index is 367. The van der Waals surface area contributed by atoms with Gasteiger partial charge in [-0.25, -0.2) is 9.59 Å². The second-order valence-electron chi connectivity index (χ2n) is 5.10. The van der Waals surface area contributed by atoms with E-state index in [-0.39, 0.29) is 6.61 Å². The predicted molar refractivity (Wildman–Crippen MR) is 62.5 cm³/mol. The number of nitrogens with zero attached hydrogens (tertiary/aromatic N) is 2. The van der Waals surface area contributed by atoms with Crippen LogP contribution in [0, 0.1) is 11.3 Å². The highest BCUT2D eigenvalue weighted by molar-refractivity contribution is 5.82. The number of ether oxygens (including phenoxy) is 2. The van der Waals surface area contributed by atoms with E-state index in [1.165, 1.54) is 4.90 Å². The highest BCUT2D eigenvalue weighted by atomic mass is 16.6. The second kappa shape index (κ2) is 5.71. The molecule has 1 rings (SSSR count). The molecule has 0 aromatic heterocycles. The van der Waals surface area contributed by atoms with E-state index in [1.54, 1.807) is 26.8 Å². The zero-order valence-electron chi connectivity index (χ0n) is 10.9. The van der Waals surface area contributed by atoms with Crippen LogP contribution in [0.15, 0.2) is 0 Å². The fraction of sp³-hybridized carbons (Fsp3) is 0.750. The average Bonchev–Trinajstić information content (AvgIpc) is 2.72. The van der Waals surface area contributed by atoms with E-state index in [0.29, 0.717) is 13.0 Å². The van der Waals surface area contributed by atoms with Crippen molar-refractivity contribution in [2.45, 2.75) is 45.3 Å². The summed E-state index contributed by atoms with van der Waals surface area (Å²) >= 11 is 0. The summed E-state index contributed by atoms with van der Waals surface area (Å²) < 4.78 is 9.96. The third-order valence-electron chi connectivity index (χ3n) is 2.43. The molecule has 1 amide bonds. The van der Waals surface area contributed by atoms with Crippen molar-refractivity contribution in [3.8, 4) is 6.07 Å². The number of hydrogen-bond acceptors (Lipinski definition) is 5. The van der Waals surface area contributed by atoms with Crippen molar-refractivity contribution in [1.29, 1.82) is 5.26 Å². The maximum absolute atomic E-state index is 11.9. The first-order chi connectivity index (χ1) is 8.35. The van der Waals surface area contributed by atoms with E-state index < -0.39 is 23.7 Å². The zero-order valence-corrected chi connectivity index (χ0v) is 10.9. The topological polar surface area (TPSA) is 79.6 Å². The van der Waals surface area contributed by atoms with Gasteiger partial charge < -0.3 is 9.47 Å². The minimum Gasteiger partial charge on any atom is -0.449 e. The first kappa shape index (κ1) is 14.3. The Balaban J connectivity index is 2.62. The summed E-state index contributed by atoms with van der Waals surface area (Å²) in [5.41, 5.74) is -0.596. The number of carbonyl (C=O) groups excluding carboxylic acids is 2. The van der Waals surface area contributed by atoms with Gasteiger partial charge in [-0.1, -0.05) is 0 Å². The molecule has 1 fully saturated rings. The Labute approximate surface area is 106 Å². The minimum absolute atomic E-state index is 0.294. The first-order valence-electron chi connectivity index (χ1n) is 5.88. The molecule has 0 saturated carbocycles. The van der Waals surface area contributed by atoms with Crippen molar-refractivity contribution in [2.24, 2.45) is 0 Å². The lowest BCUT2D eigenvalue weighted by Crippen LogP contribution is -2.44. The molecule has 0 aromatic carbocycles. The summed E-state index contributed by atoms with van der Waals surface area (Å²) in [5, 5.41) is 8.35. The van der Waals surface area contributed by atoms with Gasteiger partial charge in [-0.3, -0.25) is 4.90 Å². The van der Waals surface area contributed by atoms with Gasteiger partial charge in [0.15, 0.2) is 6.61 Å². The molecule has 0 N–H and O–H groups in total. The molecular weight excluding hydrogens is 236 g/mol. The number of esters is 1. The molecule has 0 spiro atoms. The van der Waals surface area contributed by atoms with Gasteiger partial charge in [-0.05, 0) is 33.6 Å². The van der Waals surface area contributed by atoms with Gasteiger partial charge in [0.1, 0.15) is 17.7 Å². The minimum atomic E-state index is -0.631. The molecule has 1 atom stereocenters. The van der Waals surface area contributed by atoms with Gasteiger partial charge in [0.25, 0.3) is 0 Å². The van der Waals surface area contributed by atoms with E-state index in [0.717, 1.165) is 6.42 Å². The van der Waals surface area contributed by atoms with Crippen LogP contribution in [-0.4, -0.2) is 41.8 Å². The average molecular weight is 254 g/mol. The Hall–Kier alpha value is -1.77. The van der Waals surface area contributed by atoms with Crippen LogP contribution in [0.2, 0.25) is 0 Å². The van der Waals surface area contributed by atoms with Crippen LogP contribution < -0.4 is 0 Å². The fourth-order valence-electron chi connectivity index (χ4n) is 1.75. The van der Waals surface area contributed by atoms with Crippen LogP contribution in [-0.2, 0) is 14.3 Å². The van der Waals surface area contributed by atoms with Gasteiger partial charge in [0, 0.05) is 6.54 Å². The molecule has 0 radical (unpaired) electrons. The lowest BCUT2D eigenvalue weighted by Gasteiger charge is -2.27. The summed E-state index contributed by atoms with van der Waals surface area (Å²) in [6.45, 7) is 5.48. The summed E-state index contributed by atoms with van der Waals surface area (Å²) in [4.78, 5) is 24.9. The normalized spacial score (nSPS) is 19.2. The second-order valence-corrected chi connectivity index (χ2v) is 5.10. The fourth-order valence-corrected chi connectivity index (χ4v) is 1.75. The third-order valence-corrected chi connectivity index (χ3v) is 2.43. The maximum atomic E-state index is 11.9. The van der Waals surface area contributed by atoms with E-state index in [2.05, 4.69) is 0 Å². The van der Waals surface area contributed by atoms with E-state index >= 15 is 0 Å². The quantitative estimate of drug-likeness (QED) is 0.697. The van der Waals surface area contributed by atoms with Gasteiger partial charge in [0.2, 0.25) is 0 Å². The van der Waals surface area contributed by atoms with E-state index in [9.17, 15) is 9.59 Å². The molecule has 1 aliphatic heterocycles. The van der Waals surface area contributed by atoms with Crippen LogP contribution in [0.3, 0.4) is 0 Å². The molecule has 6 nitrogen and oxygen atoms in total. The lowest BCUT2D eigenvalue weighted by atomic mass is 10.2. The largest absolute Gasteiger partial charge is 0.449 e. The predicted octanol–water partition coefficient (Wildman–Crippen LogP) is 1.45. The smallest absolute Gasteiger partial charge is 0.411 e. The molecule has 1 saturated heterocycles. The Morgan fingerprint density at radius 1 is 1.44 bits per heavy atom. The molecule has 1 heterocycles. The van der Waals surface area contributed by atoms with E-state index in [4.69, 9.17) is 14.7 Å². The van der Waals surface area contributed by atoms with Crippen molar-refractivity contribution in [2.75, 3.05) is 13.2 Å². The number of amides is 1. The van der Waals surface area contributed by atoms with Crippen molar-refractivity contribution < 1.29 is 19.1 Å². The van der Waals surface area contributed by atoms with Crippen LogP contribution in [0.5, 0.6) is 0 Å². The Morgan fingerprint density at radius 2 is 2.11 bits per heavy atom. The van der Waals surface area contributed by atoms with Crippen LogP contribution in [0.4, 0.5) is 4.79 Å². The summed E-state index contributed by atoms with van der Waals surface area (Å²) in [6.07, 6.45) is 0.758. The van der Waals surface area contributed by atoms with Crippen molar-refractivity contribution in [3.63, 3.8) is 0 Å². The Kier molecular flexibility index (Phi) is 4.54. The summed E-state index contributed by atoms with van der Waals surface area (Å²) in [5.74, 6) is -0.542. The summed E-state index contributed by atoms with van der Waals surface area (Å²) in [7, 11) is 0. The van der Waals surface area contributed by atoms with Gasteiger partial charge in [-0.2, -0.15) is 5.26 Å². The lowest BCUT2D eigenvalue weighted by molar-refractivity contribution is -0.147. The standard InChI is InChI=1S/C12H18N2O4/c1-12(2,3)18-11(16)14-7-4-5-9(14)10(15)17-8-6-13/h9H,4-5,7-8H2,1-3H3. The zero-order chi connectivity index (χ0) is 13.8. The highest BCUT2D eigenvalue weighted by Crippen LogP contribution is 2.21. The molecule has 0 aliphatic carbocycles. The van der Waals surface area contributed by atoms with Crippen LogP contribution in [0.1, 0.15) is 33.6 Å². The number of rotatable bonds is 2. The number of carbonyl (C=O) groups is 2. The molecular formula is C12H18N2O4. The first-order valence-corrected chi connectivity index (χ1v) is 5.88. The number of likely N-dealkylation sites (tertiary alicyclic amines) is 1. The maximum Gasteiger partial charge on any atom is 0.411 e. The molecule has 18 heavy (non-hydrogen) atoms. The Morgan fingerprint density at radius 3 is 2.67 bits per heavy atom. The monoisotopic (exact) mass is 254 g/mol. The molecule has 1 unspecified atom stereocenters.